The topological polar surface area (TPSA) is 55.8 Å². The molecule has 1 rings (SSSR count). The fourth-order valence-electron chi connectivity index (χ4n) is 2.35. The van der Waals surface area contributed by atoms with E-state index in [4.69, 9.17) is 9.47 Å². The monoisotopic (exact) mass is 332 g/mol. The molecule has 0 unspecified atom stereocenters. The van der Waals surface area contributed by atoms with Crippen molar-refractivity contribution in [1.29, 1.82) is 0 Å². The molecular formula is C20H28O4. The molecule has 0 bridgehead atoms. The number of ether oxygens (including phenoxy) is 2. The van der Waals surface area contributed by atoms with E-state index in [2.05, 4.69) is 6.58 Å². The summed E-state index contributed by atoms with van der Waals surface area (Å²) >= 11 is 0. The average Bonchev–Trinajstić information content (AvgIpc) is 2.56. The summed E-state index contributed by atoms with van der Waals surface area (Å²) in [6.45, 7) is 8.71. The van der Waals surface area contributed by atoms with E-state index in [1.807, 2.05) is 43.3 Å². The summed E-state index contributed by atoms with van der Waals surface area (Å²) in [4.78, 5) is 11.3. The van der Waals surface area contributed by atoms with Crippen LogP contribution in [0.3, 0.4) is 0 Å². The van der Waals surface area contributed by atoms with E-state index in [9.17, 15) is 9.90 Å². The highest BCUT2D eigenvalue weighted by Crippen LogP contribution is 2.29. The first-order valence-electron chi connectivity index (χ1n) is 8.25. The summed E-state index contributed by atoms with van der Waals surface area (Å²) in [6.07, 6.45) is 5.51. The highest BCUT2D eigenvalue weighted by molar-refractivity contribution is 5.81. The molecule has 2 atom stereocenters. The van der Waals surface area contributed by atoms with Gasteiger partial charge in [0.05, 0.1) is 25.9 Å². The zero-order valence-corrected chi connectivity index (χ0v) is 14.6. The molecule has 1 N–H and O–H groups in total. The highest BCUT2D eigenvalue weighted by atomic mass is 16.5. The van der Waals surface area contributed by atoms with Crippen LogP contribution in [0.1, 0.15) is 32.3 Å². The number of hydrogen-bond donors (Lipinski definition) is 1. The van der Waals surface area contributed by atoms with Crippen LogP contribution in [0, 0.1) is 5.41 Å². The third-order valence-electron chi connectivity index (χ3n) is 3.74. The zero-order chi connectivity index (χ0) is 17.8. The van der Waals surface area contributed by atoms with Crippen molar-refractivity contribution in [1.82, 2.24) is 0 Å². The van der Waals surface area contributed by atoms with Crippen molar-refractivity contribution in [3.05, 3.63) is 60.7 Å². The smallest absolute Gasteiger partial charge is 0.330 e. The Bertz CT molecular complexity index is 524. The lowest BCUT2D eigenvalue weighted by Crippen LogP contribution is -2.25. The lowest BCUT2D eigenvalue weighted by atomic mass is 9.81. The highest BCUT2D eigenvalue weighted by Gasteiger charge is 2.23. The Morgan fingerprint density at radius 1 is 1.38 bits per heavy atom. The van der Waals surface area contributed by atoms with Crippen molar-refractivity contribution in [3.8, 4) is 0 Å². The molecule has 0 aliphatic carbocycles. The summed E-state index contributed by atoms with van der Waals surface area (Å²) in [7, 11) is 0. The third kappa shape index (κ3) is 8.09. The van der Waals surface area contributed by atoms with Crippen LogP contribution >= 0.6 is 0 Å². The van der Waals surface area contributed by atoms with E-state index in [-0.39, 0.29) is 18.0 Å². The molecule has 0 heterocycles. The van der Waals surface area contributed by atoms with Crippen LogP contribution in [0.4, 0.5) is 0 Å². The third-order valence-corrected chi connectivity index (χ3v) is 3.74. The Hall–Kier alpha value is -1.91. The van der Waals surface area contributed by atoms with Gasteiger partial charge in [0.2, 0.25) is 0 Å². The van der Waals surface area contributed by atoms with Gasteiger partial charge >= 0.3 is 5.97 Å². The van der Waals surface area contributed by atoms with Gasteiger partial charge in [-0.25, -0.2) is 4.79 Å². The lowest BCUT2D eigenvalue weighted by Gasteiger charge is -2.27. The summed E-state index contributed by atoms with van der Waals surface area (Å²) in [6, 6.07) is 9.85. The predicted octanol–water partition coefficient (Wildman–Crippen LogP) is 3.66. The number of aliphatic hydroxyl groups is 1. The first kappa shape index (κ1) is 20.1. The van der Waals surface area contributed by atoms with Gasteiger partial charge in [0.15, 0.2) is 0 Å². The molecule has 0 spiro atoms. The molecular weight excluding hydrogens is 304 g/mol. The largest absolute Gasteiger partial charge is 0.463 e. The van der Waals surface area contributed by atoms with Crippen LogP contribution in [0.2, 0.25) is 0 Å². The van der Waals surface area contributed by atoms with Gasteiger partial charge in [-0.15, -0.1) is 6.58 Å². The van der Waals surface area contributed by atoms with Gasteiger partial charge in [-0.1, -0.05) is 49.4 Å². The summed E-state index contributed by atoms with van der Waals surface area (Å²) in [5.74, 6) is -0.351. The number of esters is 1. The molecule has 1 aromatic carbocycles. The number of benzene rings is 1. The van der Waals surface area contributed by atoms with Crippen LogP contribution in [0.25, 0.3) is 0 Å². The second kappa shape index (κ2) is 10.8. The molecule has 4 nitrogen and oxygen atoms in total. The van der Waals surface area contributed by atoms with Crippen LogP contribution in [-0.2, 0) is 20.9 Å². The minimum absolute atomic E-state index is 0.264. The van der Waals surface area contributed by atoms with Crippen molar-refractivity contribution < 1.29 is 19.4 Å². The van der Waals surface area contributed by atoms with Gasteiger partial charge in [0, 0.05) is 6.08 Å². The minimum Gasteiger partial charge on any atom is -0.463 e. The van der Waals surface area contributed by atoms with E-state index < -0.39 is 6.10 Å². The van der Waals surface area contributed by atoms with E-state index in [0.717, 1.165) is 5.56 Å². The van der Waals surface area contributed by atoms with Gasteiger partial charge in [-0.3, -0.25) is 0 Å². The predicted molar refractivity (Wildman–Crippen MR) is 95.4 cm³/mol. The number of rotatable bonds is 11. The standard InChI is InChI=1S/C20H28O4/c1-4-20(3,13-9-12-19(22)24-5-2)14-18(21)16-23-15-17-10-7-6-8-11-17/h4,6-12,18,21H,1,5,13-16H2,2-3H3/b12-9+/t18-,20-/m1/s1. The minimum atomic E-state index is -0.590. The Morgan fingerprint density at radius 3 is 2.71 bits per heavy atom. The fraction of sp³-hybridized carbons (Fsp3) is 0.450. The SMILES string of the molecule is C=C[C@](C)(C/C=C/C(=O)OCC)C[C@@H](O)COCc1ccccc1. The first-order valence-corrected chi connectivity index (χ1v) is 8.25. The molecule has 24 heavy (non-hydrogen) atoms. The summed E-state index contributed by atoms with van der Waals surface area (Å²) in [5.41, 5.74) is 0.770. The molecule has 4 heteroatoms. The summed E-state index contributed by atoms with van der Waals surface area (Å²) < 4.78 is 10.4. The quantitative estimate of drug-likeness (QED) is 0.382. The Balaban J connectivity index is 2.38. The molecule has 1 aromatic rings. The molecule has 0 aliphatic heterocycles. The number of carbonyl (C=O) groups excluding carboxylic acids is 1. The molecule has 0 saturated carbocycles. The van der Waals surface area contributed by atoms with Gasteiger partial charge in [0.1, 0.15) is 0 Å². The normalized spacial score (nSPS) is 15.0. The summed E-state index contributed by atoms with van der Waals surface area (Å²) in [5, 5.41) is 10.2. The van der Waals surface area contributed by atoms with E-state index >= 15 is 0 Å². The second-order valence-electron chi connectivity index (χ2n) is 6.08. The molecule has 0 saturated heterocycles. The second-order valence-corrected chi connectivity index (χ2v) is 6.08. The molecule has 132 valence electrons. The van der Waals surface area contributed by atoms with E-state index in [0.29, 0.717) is 26.1 Å². The Labute approximate surface area is 144 Å². The van der Waals surface area contributed by atoms with Crippen LogP contribution in [0.15, 0.2) is 55.1 Å². The maximum absolute atomic E-state index is 11.3. The number of carbonyl (C=O) groups is 1. The van der Waals surface area contributed by atoms with Gasteiger partial charge in [-0.2, -0.15) is 0 Å². The van der Waals surface area contributed by atoms with E-state index in [1.165, 1.54) is 6.08 Å². The lowest BCUT2D eigenvalue weighted by molar-refractivity contribution is -0.137. The van der Waals surface area contributed by atoms with Crippen molar-refractivity contribution in [2.75, 3.05) is 13.2 Å². The number of allylic oxidation sites excluding steroid dienone is 2. The van der Waals surface area contributed by atoms with Gasteiger partial charge in [-0.05, 0) is 30.7 Å². The van der Waals surface area contributed by atoms with Crippen molar-refractivity contribution in [2.24, 2.45) is 5.41 Å². The van der Waals surface area contributed by atoms with Gasteiger partial charge in [0.25, 0.3) is 0 Å². The molecule has 0 amide bonds. The maximum atomic E-state index is 11.3. The zero-order valence-electron chi connectivity index (χ0n) is 14.6. The van der Waals surface area contributed by atoms with Crippen LogP contribution in [-0.4, -0.2) is 30.4 Å². The van der Waals surface area contributed by atoms with Crippen molar-refractivity contribution in [3.63, 3.8) is 0 Å². The Kier molecular flexibility index (Phi) is 9.05. The molecule has 0 aliphatic rings. The maximum Gasteiger partial charge on any atom is 0.330 e. The van der Waals surface area contributed by atoms with Crippen LogP contribution in [0.5, 0.6) is 0 Å². The van der Waals surface area contributed by atoms with Gasteiger partial charge < -0.3 is 14.6 Å². The first-order chi connectivity index (χ1) is 11.5. The number of hydrogen-bond acceptors (Lipinski definition) is 4. The average molecular weight is 332 g/mol. The molecule has 0 radical (unpaired) electrons. The van der Waals surface area contributed by atoms with Crippen LogP contribution < -0.4 is 0 Å². The fourth-order valence-corrected chi connectivity index (χ4v) is 2.35. The Morgan fingerprint density at radius 2 is 2.08 bits per heavy atom. The molecule has 0 aromatic heterocycles. The van der Waals surface area contributed by atoms with Crippen molar-refractivity contribution in [2.45, 2.75) is 39.4 Å². The molecule has 0 fully saturated rings. The van der Waals surface area contributed by atoms with E-state index in [1.54, 1.807) is 13.0 Å². The number of aliphatic hydroxyl groups excluding tert-OH is 1. The van der Waals surface area contributed by atoms with Crippen molar-refractivity contribution >= 4 is 5.97 Å².